The summed E-state index contributed by atoms with van der Waals surface area (Å²) in [4.78, 5) is 28.5. The number of anilines is 1. The molecular formula is C20H16F4N2O4S. The fraction of sp³-hybridized carbons (Fsp3) is 0.250. The van der Waals surface area contributed by atoms with Crippen LogP contribution >= 0.6 is 11.3 Å². The highest BCUT2D eigenvalue weighted by Gasteiger charge is 2.62. The minimum Gasteiger partial charge on any atom is -0.463 e. The van der Waals surface area contributed by atoms with E-state index in [-0.39, 0.29) is 33.1 Å². The van der Waals surface area contributed by atoms with Crippen molar-refractivity contribution in [2.75, 3.05) is 11.9 Å². The van der Waals surface area contributed by atoms with Gasteiger partial charge < -0.3 is 9.84 Å². The van der Waals surface area contributed by atoms with E-state index in [1.54, 1.807) is 0 Å². The standard InChI is InChI=1S/C20H16F4N2O4S/c1-3-30-17(28)19(29,20(22,23)24)12-8-10(2)15-14(9-12)31-18(25-15)26-16(27)11-4-6-13(21)7-5-11/h4-9,29H,3H2,1-2H3,(H,25,26,27). The predicted molar refractivity (Wildman–Crippen MR) is 105 cm³/mol. The summed E-state index contributed by atoms with van der Waals surface area (Å²) in [6.45, 7) is 2.43. The van der Waals surface area contributed by atoms with Crippen LogP contribution in [0.2, 0.25) is 0 Å². The van der Waals surface area contributed by atoms with Crippen LogP contribution < -0.4 is 5.32 Å². The molecule has 164 valence electrons. The normalized spacial score (nSPS) is 13.6. The van der Waals surface area contributed by atoms with E-state index in [1.165, 1.54) is 26.0 Å². The number of amides is 1. The Morgan fingerprint density at radius 2 is 1.84 bits per heavy atom. The monoisotopic (exact) mass is 456 g/mol. The van der Waals surface area contributed by atoms with Crippen LogP contribution in [0.3, 0.4) is 0 Å². The van der Waals surface area contributed by atoms with Gasteiger partial charge in [-0.1, -0.05) is 11.3 Å². The van der Waals surface area contributed by atoms with E-state index in [0.717, 1.165) is 35.6 Å². The number of carbonyl (C=O) groups is 2. The topological polar surface area (TPSA) is 88.5 Å². The number of nitrogens with one attached hydrogen (secondary N) is 1. The molecule has 6 nitrogen and oxygen atoms in total. The second kappa shape index (κ2) is 8.23. The van der Waals surface area contributed by atoms with E-state index >= 15 is 0 Å². The van der Waals surface area contributed by atoms with Crippen LogP contribution in [0, 0.1) is 12.7 Å². The van der Waals surface area contributed by atoms with E-state index < -0.39 is 35.0 Å². The van der Waals surface area contributed by atoms with E-state index in [1.807, 2.05) is 0 Å². The number of ether oxygens (including phenoxy) is 1. The van der Waals surface area contributed by atoms with Crippen LogP contribution in [0.25, 0.3) is 10.2 Å². The number of benzene rings is 2. The van der Waals surface area contributed by atoms with Gasteiger partial charge >= 0.3 is 12.1 Å². The third-order valence-corrected chi connectivity index (χ3v) is 5.33. The minimum absolute atomic E-state index is 0.0799. The van der Waals surface area contributed by atoms with Gasteiger partial charge in [0.1, 0.15) is 5.82 Å². The molecule has 2 aromatic carbocycles. The van der Waals surface area contributed by atoms with Gasteiger partial charge in [0.15, 0.2) is 5.13 Å². The van der Waals surface area contributed by atoms with E-state index in [0.29, 0.717) is 0 Å². The molecule has 0 aliphatic rings. The highest BCUT2D eigenvalue weighted by Crippen LogP contribution is 2.42. The summed E-state index contributed by atoms with van der Waals surface area (Å²) in [5, 5.41) is 12.9. The fourth-order valence-electron chi connectivity index (χ4n) is 2.86. The number of rotatable bonds is 5. The molecule has 1 amide bonds. The number of carbonyl (C=O) groups excluding carboxylic acids is 2. The zero-order valence-corrected chi connectivity index (χ0v) is 17.0. The maximum atomic E-state index is 13.6. The summed E-state index contributed by atoms with van der Waals surface area (Å²) in [5.74, 6) is -2.94. The molecule has 0 radical (unpaired) electrons. The maximum absolute atomic E-state index is 13.6. The van der Waals surface area contributed by atoms with Crippen molar-refractivity contribution in [3.8, 4) is 0 Å². The van der Waals surface area contributed by atoms with E-state index in [9.17, 15) is 32.3 Å². The number of nitrogens with zero attached hydrogens (tertiary/aromatic N) is 1. The first-order valence-electron chi connectivity index (χ1n) is 8.92. The van der Waals surface area contributed by atoms with Crippen LogP contribution in [0.5, 0.6) is 0 Å². The first-order chi connectivity index (χ1) is 14.5. The fourth-order valence-corrected chi connectivity index (χ4v) is 3.84. The van der Waals surface area contributed by atoms with Gasteiger partial charge in [0.05, 0.1) is 16.8 Å². The van der Waals surface area contributed by atoms with Crippen molar-refractivity contribution in [3.05, 3.63) is 58.9 Å². The van der Waals surface area contributed by atoms with Crippen molar-refractivity contribution in [3.63, 3.8) is 0 Å². The number of aliphatic hydroxyl groups is 1. The van der Waals surface area contributed by atoms with Crippen LogP contribution in [-0.4, -0.2) is 34.8 Å². The number of halogens is 4. The molecule has 0 bridgehead atoms. The third-order valence-electron chi connectivity index (χ3n) is 4.41. The number of alkyl halides is 3. The number of fused-ring (bicyclic) bond motifs is 1. The van der Waals surface area contributed by atoms with Gasteiger partial charge in [-0.3, -0.25) is 10.1 Å². The van der Waals surface area contributed by atoms with E-state index in [2.05, 4.69) is 15.0 Å². The molecule has 1 heterocycles. The van der Waals surface area contributed by atoms with Gasteiger partial charge in [-0.25, -0.2) is 14.2 Å². The van der Waals surface area contributed by atoms with Gasteiger partial charge in [0.25, 0.3) is 11.5 Å². The van der Waals surface area contributed by atoms with E-state index in [4.69, 9.17) is 0 Å². The summed E-state index contributed by atoms with van der Waals surface area (Å²) < 4.78 is 58.6. The van der Waals surface area contributed by atoms with Crippen molar-refractivity contribution in [2.45, 2.75) is 25.6 Å². The van der Waals surface area contributed by atoms with Crippen molar-refractivity contribution in [2.24, 2.45) is 0 Å². The lowest BCUT2D eigenvalue weighted by molar-refractivity contribution is -0.267. The van der Waals surface area contributed by atoms with Gasteiger partial charge in [-0.2, -0.15) is 13.2 Å². The Morgan fingerprint density at radius 1 is 1.19 bits per heavy atom. The van der Waals surface area contributed by atoms with Crippen LogP contribution in [0.15, 0.2) is 36.4 Å². The van der Waals surface area contributed by atoms with Gasteiger partial charge in [0, 0.05) is 11.1 Å². The summed E-state index contributed by atoms with van der Waals surface area (Å²) in [7, 11) is 0. The highest BCUT2D eigenvalue weighted by molar-refractivity contribution is 7.22. The molecule has 0 aliphatic carbocycles. The largest absolute Gasteiger partial charge is 0.463 e. The number of hydrogen-bond acceptors (Lipinski definition) is 6. The SMILES string of the molecule is CCOC(=O)C(O)(c1cc(C)c2nc(NC(=O)c3ccc(F)cc3)sc2c1)C(F)(F)F. The second-order valence-corrected chi connectivity index (χ2v) is 7.58. The van der Waals surface area contributed by atoms with Gasteiger partial charge in [-0.05, 0) is 55.8 Å². The average molecular weight is 456 g/mol. The number of aryl methyl sites for hydroxylation is 1. The number of thiazole rings is 1. The molecule has 11 heteroatoms. The number of esters is 1. The molecule has 0 spiro atoms. The maximum Gasteiger partial charge on any atom is 0.432 e. The number of aromatic nitrogens is 1. The lowest BCUT2D eigenvalue weighted by atomic mass is 9.91. The van der Waals surface area contributed by atoms with Gasteiger partial charge in [0.2, 0.25) is 0 Å². The van der Waals surface area contributed by atoms with Crippen molar-refractivity contribution < 1.29 is 37.0 Å². The van der Waals surface area contributed by atoms with Crippen molar-refractivity contribution in [1.82, 2.24) is 4.98 Å². The Morgan fingerprint density at radius 3 is 2.42 bits per heavy atom. The van der Waals surface area contributed by atoms with Gasteiger partial charge in [-0.15, -0.1) is 0 Å². The Bertz CT molecular complexity index is 1140. The number of hydrogen-bond donors (Lipinski definition) is 2. The summed E-state index contributed by atoms with van der Waals surface area (Å²) >= 11 is 0.856. The molecule has 0 fully saturated rings. The minimum atomic E-state index is -5.33. The first-order valence-corrected chi connectivity index (χ1v) is 9.74. The lowest BCUT2D eigenvalue weighted by Gasteiger charge is -2.28. The van der Waals surface area contributed by atoms with Crippen molar-refractivity contribution in [1.29, 1.82) is 0 Å². The van der Waals surface area contributed by atoms with Crippen LogP contribution in [-0.2, 0) is 15.1 Å². The average Bonchev–Trinajstić information content (AvgIpc) is 3.10. The first kappa shape index (κ1) is 22.6. The molecule has 0 saturated heterocycles. The molecule has 1 aromatic heterocycles. The molecule has 1 unspecified atom stereocenters. The Labute approximate surface area is 177 Å². The molecule has 0 aliphatic heterocycles. The van der Waals surface area contributed by atoms with Crippen LogP contribution in [0.4, 0.5) is 22.7 Å². The summed E-state index contributed by atoms with van der Waals surface area (Å²) in [5.41, 5.74) is -3.88. The molecular weight excluding hydrogens is 440 g/mol. The lowest BCUT2D eigenvalue weighted by Crippen LogP contribution is -2.50. The Balaban J connectivity index is 2.01. The smallest absolute Gasteiger partial charge is 0.432 e. The molecule has 31 heavy (non-hydrogen) atoms. The summed E-state index contributed by atoms with van der Waals surface area (Å²) in [6.07, 6.45) is -5.33. The molecule has 0 saturated carbocycles. The predicted octanol–water partition coefficient (Wildman–Crippen LogP) is 4.31. The van der Waals surface area contributed by atoms with Crippen LogP contribution in [0.1, 0.15) is 28.4 Å². The quantitative estimate of drug-likeness (QED) is 0.441. The molecule has 1 atom stereocenters. The third kappa shape index (κ3) is 4.23. The zero-order chi connectivity index (χ0) is 23.0. The second-order valence-electron chi connectivity index (χ2n) is 6.55. The molecule has 3 aromatic rings. The zero-order valence-electron chi connectivity index (χ0n) is 16.2. The summed E-state index contributed by atoms with van der Waals surface area (Å²) in [6, 6.07) is 6.73. The Hall–Kier alpha value is -3.05. The highest BCUT2D eigenvalue weighted by atomic mass is 32.1. The van der Waals surface area contributed by atoms with Crippen molar-refractivity contribution >= 4 is 38.6 Å². The molecule has 2 N–H and O–H groups in total. The molecule has 3 rings (SSSR count). The Kier molecular flexibility index (Phi) is 6.01.